The van der Waals surface area contributed by atoms with Gasteiger partial charge in [-0.05, 0) is 0 Å². The molecule has 0 aliphatic heterocycles. The van der Waals surface area contributed by atoms with Crippen molar-refractivity contribution in [1.29, 1.82) is 0 Å². The van der Waals surface area contributed by atoms with Gasteiger partial charge in [-0.1, -0.05) is 0 Å². The van der Waals surface area contributed by atoms with Gasteiger partial charge in [0.25, 0.3) is 0 Å². The molecule has 0 saturated heterocycles. The summed E-state index contributed by atoms with van der Waals surface area (Å²) >= 11 is 2.15. The molecule has 7 heavy (non-hydrogen) atoms. The van der Waals surface area contributed by atoms with E-state index < -0.39 is 0 Å². The van der Waals surface area contributed by atoms with Crippen LogP contribution in [0.3, 0.4) is 0 Å². The van der Waals surface area contributed by atoms with Crippen molar-refractivity contribution in [3.8, 4) is 0 Å². The number of methoxy groups -OCH3 is 1. The third-order valence-electron chi connectivity index (χ3n) is 0.405. The van der Waals surface area contributed by atoms with E-state index in [9.17, 15) is 0 Å². The zero-order valence-corrected chi connectivity index (χ0v) is 7.96. The van der Waals surface area contributed by atoms with Gasteiger partial charge in [-0.3, -0.25) is 0 Å². The largest absolute Gasteiger partial charge is 0.514 e. The monoisotopic (exact) mass is 125 g/mol. The van der Waals surface area contributed by atoms with Crippen molar-refractivity contribution in [3.05, 3.63) is 0 Å². The van der Waals surface area contributed by atoms with E-state index in [1.165, 1.54) is 0 Å². The molecule has 0 aromatic heterocycles. The molecular formula is C3H7AlNaO2. The fraction of sp³-hybridized carbons (Fsp3) is 1.00. The Bertz CT molecular complexity index is 24.9. The number of hydrogen-bond donors (Lipinski definition) is 0. The molecule has 0 spiro atoms. The van der Waals surface area contributed by atoms with Gasteiger partial charge in [0.2, 0.25) is 0 Å². The zero-order valence-electron chi connectivity index (χ0n) is 4.81. The van der Waals surface area contributed by atoms with Crippen LogP contribution >= 0.6 is 0 Å². The molecule has 0 amide bonds. The minimum Gasteiger partial charge on any atom is -0.514 e. The van der Waals surface area contributed by atoms with Crippen molar-refractivity contribution in [2.45, 2.75) is 0 Å². The summed E-state index contributed by atoms with van der Waals surface area (Å²) in [5.41, 5.74) is 0. The Kier molecular flexibility index (Phi) is 16.8. The average molecular weight is 125 g/mol. The van der Waals surface area contributed by atoms with E-state index in [0.717, 1.165) is 0 Å². The van der Waals surface area contributed by atoms with Gasteiger partial charge in [0.15, 0.2) is 0 Å². The molecule has 0 saturated carbocycles. The standard InChI is InChI=1S/C3H7O2.Al.Na/c1-5-3-2-4;;/h2-3H2,1H3;;/q-1;+1;. The van der Waals surface area contributed by atoms with E-state index in [-0.39, 0.29) is 29.6 Å². The van der Waals surface area contributed by atoms with Crippen LogP contribution < -0.4 is 0 Å². The van der Waals surface area contributed by atoms with Crippen LogP contribution in [0.4, 0.5) is 0 Å². The molecular weight excluding hydrogens is 118 g/mol. The first-order chi connectivity index (χ1) is 2.91. The first-order valence-corrected chi connectivity index (χ1v) is 2.19. The number of rotatable bonds is 3. The van der Waals surface area contributed by atoms with E-state index in [1.807, 2.05) is 0 Å². The molecule has 0 N–H and O–H groups in total. The van der Waals surface area contributed by atoms with Crippen LogP contribution in [0.15, 0.2) is 0 Å². The molecule has 0 unspecified atom stereocenters. The summed E-state index contributed by atoms with van der Waals surface area (Å²) in [5, 5.41) is 0. The Morgan fingerprint density at radius 2 is 2.00 bits per heavy atom. The smallest absolute Gasteiger partial charge is 0.369 e. The predicted octanol–water partition coefficient (Wildman–Crippen LogP) is -0.648. The molecule has 0 fully saturated rings. The Balaban J connectivity index is 0. The normalized spacial score (nSPS) is 7.57. The molecule has 0 aromatic carbocycles. The minimum absolute atomic E-state index is 0. The van der Waals surface area contributed by atoms with Crippen molar-refractivity contribution in [1.82, 2.24) is 0 Å². The van der Waals surface area contributed by atoms with Gasteiger partial charge in [-0.15, -0.1) is 0 Å². The Morgan fingerprint density at radius 1 is 1.43 bits per heavy atom. The topological polar surface area (TPSA) is 18.5 Å². The molecule has 35 valence electrons. The summed E-state index contributed by atoms with van der Waals surface area (Å²) in [6, 6.07) is 0. The van der Waals surface area contributed by atoms with Crippen LogP contribution in [0.2, 0.25) is 0 Å². The maximum atomic E-state index is 4.64. The van der Waals surface area contributed by atoms with E-state index in [2.05, 4.69) is 25.1 Å². The summed E-state index contributed by atoms with van der Waals surface area (Å²) in [7, 11) is 1.64. The molecule has 0 bridgehead atoms. The second kappa shape index (κ2) is 10.4. The van der Waals surface area contributed by atoms with Gasteiger partial charge in [-0.2, -0.15) is 0 Å². The van der Waals surface area contributed by atoms with Gasteiger partial charge >= 0.3 is 16.6 Å². The van der Waals surface area contributed by atoms with Crippen LogP contribution in [-0.2, 0) is 8.53 Å². The van der Waals surface area contributed by atoms with Gasteiger partial charge < -0.3 is 8.53 Å². The van der Waals surface area contributed by atoms with Gasteiger partial charge in [0.05, 0.1) is 6.61 Å². The van der Waals surface area contributed by atoms with E-state index in [1.54, 1.807) is 7.11 Å². The molecule has 0 rings (SSSR count). The molecule has 2 nitrogen and oxygen atoms in total. The molecule has 0 aliphatic carbocycles. The van der Waals surface area contributed by atoms with Crippen LogP contribution in [0, 0.1) is 0 Å². The van der Waals surface area contributed by atoms with E-state index >= 15 is 0 Å². The first kappa shape index (κ1) is 11.3. The van der Waals surface area contributed by atoms with Gasteiger partial charge in [0, 0.05) is 43.3 Å². The molecule has 0 aliphatic rings. The molecule has 0 atom stereocenters. The Morgan fingerprint density at radius 3 is 2.14 bits per heavy atom. The molecule has 4 heteroatoms. The Hall–Kier alpha value is 1.45. The SMILES string of the molecule is COCC[O][Al].[Na]. The van der Waals surface area contributed by atoms with E-state index in [4.69, 9.17) is 0 Å². The minimum atomic E-state index is 0. The van der Waals surface area contributed by atoms with Crippen molar-refractivity contribution < 1.29 is 8.53 Å². The summed E-state index contributed by atoms with van der Waals surface area (Å²) in [4.78, 5) is 0. The first-order valence-electron chi connectivity index (χ1n) is 1.72. The summed E-state index contributed by atoms with van der Waals surface area (Å²) in [5.74, 6) is 0. The molecule has 3 radical (unpaired) electrons. The molecule has 0 heterocycles. The van der Waals surface area contributed by atoms with Crippen molar-refractivity contribution >= 4 is 46.2 Å². The summed E-state index contributed by atoms with van der Waals surface area (Å²) in [6.07, 6.45) is 0. The maximum Gasteiger partial charge on any atom is 0.369 e. The number of hydrogen-bond acceptors (Lipinski definition) is 2. The quantitative estimate of drug-likeness (QED) is 0.368. The average Bonchev–Trinajstić information content (AvgIpc) is 1.61. The van der Waals surface area contributed by atoms with Gasteiger partial charge in [-0.25, -0.2) is 0 Å². The summed E-state index contributed by atoms with van der Waals surface area (Å²) in [6.45, 7) is 1.32. The number of ether oxygens (including phenoxy) is 1. The van der Waals surface area contributed by atoms with Gasteiger partial charge in [0.1, 0.15) is 0 Å². The van der Waals surface area contributed by atoms with Crippen molar-refractivity contribution in [2.24, 2.45) is 0 Å². The van der Waals surface area contributed by atoms with Crippen molar-refractivity contribution in [3.63, 3.8) is 0 Å². The maximum absolute atomic E-state index is 4.64. The van der Waals surface area contributed by atoms with Crippen LogP contribution in [-0.4, -0.2) is 66.5 Å². The third kappa shape index (κ3) is 11.2. The van der Waals surface area contributed by atoms with Crippen LogP contribution in [0.1, 0.15) is 0 Å². The second-order valence-corrected chi connectivity index (χ2v) is 1.20. The Labute approximate surface area is 74.6 Å². The fourth-order valence-electron chi connectivity index (χ4n) is 0.131. The van der Waals surface area contributed by atoms with Crippen molar-refractivity contribution in [2.75, 3.05) is 20.3 Å². The van der Waals surface area contributed by atoms with Crippen LogP contribution in [0.25, 0.3) is 0 Å². The zero-order chi connectivity index (χ0) is 4.83. The second-order valence-electron chi connectivity index (χ2n) is 0.864. The third-order valence-corrected chi connectivity index (χ3v) is 0.641. The summed E-state index contributed by atoms with van der Waals surface area (Å²) < 4.78 is 9.22. The predicted molar refractivity (Wildman–Crippen MR) is 29.3 cm³/mol. The van der Waals surface area contributed by atoms with E-state index in [0.29, 0.717) is 13.2 Å². The molecule has 0 aromatic rings. The van der Waals surface area contributed by atoms with Crippen LogP contribution in [0.5, 0.6) is 0 Å². The fourth-order valence-corrected chi connectivity index (χ4v) is 0.228.